The van der Waals surface area contributed by atoms with E-state index in [4.69, 9.17) is 10.5 Å². The Labute approximate surface area is 160 Å². The molecule has 5 rings (SSSR count). The third-order valence-electron chi connectivity index (χ3n) is 5.70. The van der Waals surface area contributed by atoms with Gasteiger partial charge in [0.05, 0.1) is 6.61 Å². The molecular formula is C20H29N5O2. The van der Waals surface area contributed by atoms with Crippen LogP contribution in [-0.4, -0.2) is 41.5 Å². The zero-order valence-electron chi connectivity index (χ0n) is 15.8. The van der Waals surface area contributed by atoms with Crippen LogP contribution in [0.15, 0.2) is 28.9 Å². The molecule has 7 heteroatoms. The van der Waals surface area contributed by atoms with Crippen molar-refractivity contribution in [3.05, 3.63) is 29.8 Å². The standard InChI is InChI=1S/C20H29N5O2/c21-19-20(24-27-23-19)22-9-2-10-26-18-4-1-3-17(11-18)14-25-12-15-5-6-16(13-25)8-7-15/h1,3-4,11,15-16H,2,5-10,12-14H2,(H2,21,23)(H,22,24). The first-order valence-electron chi connectivity index (χ1n) is 10.0. The molecule has 1 saturated carbocycles. The summed E-state index contributed by atoms with van der Waals surface area (Å²) in [5, 5.41) is 10.3. The van der Waals surface area contributed by atoms with Crippen molar-refractivity contribution < 1.29 is 9.37 Å². The number of hydrogen-bond acceptors (Lipinski definition) is 7. The molecule has 1 aromatic carbocycles. The predicted molar refractivity (Wildman–Crippen MR) is 104 cm³/mol. The van der Waals surface area contributed by atoms with Gasteiger partial charge in [-0.15, -0.1) is 0 Å². The number of nitrogens with one attached hydrogen (secondary N) is 1. The highest BCUT2D eigenvalue weighted by molar-refractivity contribution is 5.53. The number of nitrogens with two attached hydrogens (primary N) is 1. The number of benzene rings is 1. The Morgan fingerprint density at radius 3 is 2.63 bits per heavy atom. The Bertz CT molecular complexity index is 713. The smallest absolute Gasteiger partial charge is 0.215 e. The van der Waals surface area contributed by atoms with Gasteiger partial charge in [-0.25, -0.2) is 4.63 Å². The molecule has 3 fully saturated rings. The van der Waals surface area contributed by atoms with Crippen LogP contribution in [0, 0.1) is 11.8 Å². The van der Waals surface area contributed by atoms with Crippen molar-refractivity contribution in [2.24, 2.45) is 11.8 Å². The number of nitrogen functional groups attached to an aromatic ring is 1. The van der Waals surface area contributed by atoms with Gasteiger partial charge in [0.2, 0.25) is 11.6 Å². The molecule has 0 amide bonds. The number of aromatic nitrogens is 2. The van der Waals surface area contributed by atoms with Gasteiger partial charge in [0.1, 0.15) is 5.75 Å². The van der Waals surface area contributed by atoms with Gasteiger partial charge in [-0.2, -0.15) is 0 Å². The molecule has 27 heavy (non-hydrogen) atoms. The summed E-state index contributed by atoms with van der Waals surface area (Å²) < 4.78 is 10.5. The molecule has 7 nitrogen and oxygen atoms in total. The second kappa shape index (κ2) is 8.61. The van der Waals surface area contributed by atoms with Crippen molar-refractivity contribution in [2.45, 2.75) is 38.6 Å². The van der Waals surface area contributed by atoms with Crippen molar-refractivity contribution in [3.8, 4) is 5.75 Å². The van der Waals surface area contributed by atoms with E-state index in [1.54, 1.807) is 0 Å². The molecule has 2 aromatic rings. The average molecular weight is 371 g/mol. The maximum absolute atomic E-state index is 5.92. The molecular weight excluding hydrogens is 342 g/mol. The van der Waals surface area contributed by atoms with Crippen molar-refractivity contribution in [2.75, 3.05) is 37.3 Å². The Kier molecular flexibility index (Phi) is 5.77. The molecule has 3 heterocycles. The van der Waals surface area contributed by atoms with Crippen molar-refractivity contribution in [3.63, 3.8) is 0 Å². The van der Waals surface area contributed by atoms with E-state index >= 15 is 0 Å². The van der Waals surface area contributed by atoms with E-state index in [2.05, 4.69) is 43.4 Å². The first-order chi connectivity index (χ1) is 13.3. The zero-order chi connectivity index (χ0) is 18.5. The van der Waals surface area contributed by atoms with E-state index in [1.807, 2.05) is 6.07 Å². The third-order valence-corrected chi connectivity index (χ3v) is 5.70. The minimum atomic E-state index is 0.283. The maximum atomic E-state index is 5.92. The Morgan fingerprint density at radius 1 is 1.15 bits per heavy atom. The summed E-state index contributed by atoms with van der Waals surface area (Å²) in [4.78, 5) is 2.65. The third kappa shape index (κ3) is 4.91. The van der Waals surface area contributed by atoms with E-state index in [0.29, 0.717) is 19.0 Å². The summed E-state index contributed by atoms with van der Waals surface area (Å²) >= 11 is 0. The Hall–Kier alpha value is -2.28. The van der Waals surface area contributed by atoms with Crippen molar-refractivity contribution in [1.29, 1.82) is 0 Å². The fourth-order valence-corrected chi connectivity index (χ4v) is 4.31. The van der Waals surface area contributed by atoms with Gasteiger partial charge in [-0.3, -0.25) is 4.90 Å². The molecule has 2 saturated heterocycles. The van der Waals surface area contributed by atoms with Crippen LogP contribution in [0.2, 0.25) is 0 Å². The van der Waals surface area contributed by atoms with Crippen LogP contribution < -0.4 is 15.8 Å². The lowest BCUT2D eigenvalue weighted by Gasteiger charge is -2.22. The minimum absolute atomic E-state index is 0.283. The van der Waals surface area contributed by atoms with Crippen LogP contribution in [0.4, 0.5) is 11.6 Å². The lowest BCUT2D eigenvalue weighted by atomic mass is 9.84. The number of anilines is 2. The highest BCUT2D eigenvalue weighted by Crippen LogP contribution is 2.34. The van der Waals surface area contributed by atoms with Gasteiger partial charge in [0, 0.05) is 26.2 Å². The number of ether oxygens (including phenoxy) is 1. The molecule has 3 aliphatic rings. The van der Waals surface area contributed by atoms with E-state index in [1.165, 1.54) is 44.3 Å². The number of hydrogen-bond donors (Lipinski definition) is 2. The molecule has 0 atom stereocenters. The summed E-state index contributed by atoms with van der Waals surface area (Å²) in [7, 11) is 0. The number of nitrogens with zero attached hydrogens (tertiary/aromatic N) is 3. The lowest BCUT2D eigenvalue weighted by Crippen LogP contribution is -2.27. The monoisotopic (exact) mass is 371 g/mol. The molecule has 146 valence electrons. The topological polar surface area (TPSA) is 89.4 Å². The van der Waals surface area contributed by atoms with E-state index in [-0.39, 0.29) is 5.82 Å². The predicted octanol–water partition coefficient (Wildman–Crippen LogP) is 3.15. The molecule has 2 bridgehead atoms. The average Bonchev–Trinajstić information content (AvgIpc) is 2.88. The highest BCUT2D eigenvalue weighted by Gasteiger charge is 2.29. The van der Waals surface area contributed by atoms with Gasteiger partial charge in [0.15, 0.2) is 0 Å². The summed E-state index contributed by atoms with van der Waals surface area (Å²) in [6.45, 7) is 4.88. The molecule has 1 aliphatic carbocycles. The number of fused-ring (bicyclic) bond motifs is 4. The van der Waals surface area contributed by atoms with Crippen LogP contribution >= 0.6 is 0 Å². The van der Waals surface area contributed by atoms with Crippen LogP contribution in [0.1, 0.15) is 37.7 Å². The zero-order valence-corrected chi connectivity index (χ0v) is 15.8. The van der Waals surface area contributed by atoms with Gasteiger partial charge >= 0.3 is 0 Å². The first-order valence-corrected chi connectivity index (χ1v) is 10.0. The van der Waals surface area contributed by atoms with Gasteiger partial charge < -0.3 is 15.8 Å². The van der Waals surface area contributed by atoms with Gasteiger partial charge in [-0.05, 0) is 71.9 Å². The van der Waals surface area contributed by atoms with E-state index in [0.717, 1.165) is 30.6 Å². The highest BCUT2D eigenvalue weighted by atomic mass is 16.6. The Balaban J connectivity index is 1.22. The fraction of sp³-hybridized carbons (Fsp3) is 0.600. The van der Waals surface area contributed by atoms with Crippen LogP contribution in [0.3, 0.4) is 0 Å². The summed E-state index contributed by atoms with van der Waals surface area (Å²) in [5.74, 6) is 3.52. The molecule has 0 radical (unpaired) electrons. The minimum Gasteiger partial charge on any atom is -0.494 e. The summed E-state index contributed by atoms with van der Waals surface area (Å²) in [5.41, 5.74) is 6.95. The van der Waals surface area contributed by atoms with Crippen molar-refractivity contribution in [1.82, 2.24) is 15.2 Å². The first kappa shape index (κ1) is 18.1. The quantitative estimate of drug-likeness (QED) is 0.689. The second-order valence-corrected chi connectivity index (χ2v) is 7.86. The number of rotatable bonds is 8. The van der Waals surface area contributed by atoms with E-state index < -0.39 is 0 Å². The lowest BCUT2D eigenvalue weighted by molar-refractivity contribution is 0.243. The van der Waals surface area contributed by atoms with Crippen LogP contribution in [0.5, 0.6) is 5.75 Å². The summed E-state index contributed by atoms with van der Waals surface area (Å²) in [6.07, 6.45) is 6.54. The molecule has 3 N–H and O–H groups in total. The normalized spacial score (nSPS) is 22.5. The summed E-state index contributed by atoms with van der Waals surface area (Å²) in [6, 6.07) is 8.51. The van der Waals surface area contributed by atoms with Gasteiger partial charge in [0.25, 0.3) is 0 Å². The van der Waals surface area contributed by atoms with Gasteiger partial charge in [-0.1, -0.05) is 12.1 Å². The fourth-order valence-electron chi connectivity index (χ4n) is 4.31. The Morgan fingerprint density at radius 2 is 1.93 bits per heavy atom. The maximum Gasteiger partial charge on any atom is 0.215 e. The molecule has 1 aromatic heterocycles. The molecule has 0 spiro atoms. The molecule has 2 aliphatic heterocycles. The van der Waals surface area contributed by atoms with Crippen LogP contribution in [0.25, 0.3) is 0 Å². The SMILES string of the molecule is Nc1nonc1NCCCOc1cccc(CN2CC3CCC(CC3)C2)c1. The van der Waals surface area contributed by atoms with Crippen molar-refractivity contribution >= 4 is 11.6 Å². The van der Waals surface area contributed by atoms with Crippen LogP contribution in [-0.2, 0) is 6.54 Å². The van der Waals surface area contributed by atoms with E-state index in [9.17, 15) is 0 Å². The second-order valence-electron chi connectivity index (χ2n) is 7.86. The largest absolute Gasteiger partial charge is 0.494 e. The molecule has 0 unspecified atom stereocenters.